The molecule has 3 aromatic carbocycles. The van der Waals surface area contributed by atoms with Crippen LogP contribution in [0, 0.1) is 12.7 Å². The van der Waals surface area contributed by atoms with E-state index in [0.29, 0.717) is 11.3 Å². The summed E-state index contributed by atoms with van der Waals surface area (Å²) in [6.07, 6.45) is 0. The molecule has 3 rings (SSSR count). The molecule has 3 aromatic rings. The predicted octanol–water partition coefficient (Wildman–Crippen LogP) is 3.29. The maximum Gasteiger partial charge on any atom is 0.261 e. The van der Waals surface area contributed by atoms with Crippen molar-refractivity contribution in [1.29, 1.82) is 0 Å². The van der Waals surface area contributed by atoms with Crippen LogP contribution in [-0.4, -0.2) is 27.3 Å². The number of halogens is 1. The van der Waals surface area contributed by atoms with E-state index in [9.17, 15) is 22.4 Å². The molecule has 2 amide bonds. The summed E-state index contributed by atoms with van der Waals surface area (Å²) in [7, 11) is -2.64. The van der Waals surface area contributed by atoms with Crippen molar-refractivity contribution < 1.29 is 27.1 Å². The number of hydrogen-bond acceptors (Lipinski definition) is 5. The third-order valence-corrected chi connectivity index (χ3v) is 5.97. The highest BCUT2D eigenvalue weighted by molar-refractivity contribution is 7.92. The van der Waals surface area contributed by atoms with Gasteiger partial charge in [-0.25, -0.2) is 12.8 Å². The van der Waals surface area contributed by atoms with Crippen LogP contribution in [0.4, 0.5) is 15.8 Å². The number of primary amides is 1. The van der Waals surface area contributed by atoms with Crippen molar-refractivity contribution in [3.8, 4) is 5.75 Å². The second-order valence-electron chi connectivity index (χ2n) is 6.82. The van der Waals surface area contributed by atoms with Crippen molar-refractivity contribution in [3.63, 3.8) is 0 Å². The minimum absolute atomic E-state index is 0.0958. The molecule has 0 aliphatic rings. The van der Waals surface area contributed by atoms with Crippen LogP contribution in [0.3, 0.4) is 0 Å². The topological polar surface area (TPSA) is 128 Å². The molecule has 0 spiro atoms. The maximum absolute atomic E-state index is 13.1. The van der Waals surface area contributed by atoms with Crippen LogP contribution in [0.15, 0.2) is 65.6 Å². The van der Waals surface area contributed by atoms with Gasteiger partial charge in [0.15, 0.2) is 0 Å². The average Bonchev–Trinajstić information content (AvgIpc) is 2.75. The lowest BCUT2D eigenvalue weighted by molar-refractivity contribution is 0.0996. The molecule has 0 radical (unpaired) electrons. The zero-order valence-corrected chi connectivity index (χ0v) is 18.0. The Morgan fingerprint density at radius 1 is 1.00 bits per heavy atom. The number of benzene rings is 3. The van der Waals surface area contributed by atoms with Gasteiger partial charge in [0.2, 0.25) is 5.91 Å². The molecule has 0 aliphatic heterocycles. The molecule has 0 saturated heterocycles. The van der Waals surface area contributed by atoms with Crippen LogP contribution in [-0.2, 0) is 10.0 Å². The molecule has 4 N–H and O–H groups in total. The minimum Gasteiger partial charge on any atom is -0.495 e. The number of anilines is 2. The van der Waals surface area contributed by atoms with Crippen LogP contribution in [0.25, 0.3) is 0 Å². The zero-order valence-electron chi connectivity index (χ0n) is 17.2. The SMILES string of the molecule is COc1ccc(C(N)=O)cc1NC(=O)c1cc(S(=O)(=O)Nc2ccc(F)cc2)ccc1C. The molecule has 10 heteroatoms. The summed E-state index contributed by atoms with van der Waals surface area (Å²) in [5.41, 5.74) is 6.45. The summed E-state index contributed by atoms with van der Waals surface area (Å²) in [5, 5.41) is 2.62. The van der Waals surface area contributed by atoms with Crippen molar-refractivity contribution in [2.45, 2.75) is 11.8 Å². The van der Waals surface area contributed by atoms with Crippen LogP contribution in [0.2, 0.25) is 0 Å². The van der Waals surface area contributed by atoms with E-state index in [-0.39, 0.29) is 27.4 Å². The monoisotopic (exact) mass is 457 g/mol. The van der Waals surface area contributed by atoms with E-state index in [2.05, 4.69) is 10.0 Å². The Morgan fingerprint density at radius 2 is 1.69 bits per heavy atom. The Hall–Kier alpha value is -3.92. The largest absolute Gasteiger partial charge is 0.495 e. The lowest BCUT2D eigenvalue weighted by Gasteiger charge is -2.14. The Balaban J connectivity index is 1.92. The van der Waals surface area contributed by atoms with E-state index < -0.39 is 27.7 Å². The summed E-state index contributed by atoms with van der Waals surface area (Å²) in [6, 6.07) is 13.2. The maximum atomic E-state index is 13.1. The van der Waals surface area contributed by atoms with Gasteiger partial charge in [-0.15, -0.1) is 0 Å². The second kappa shape index (κ2) is 9.06. The van der Waals surface area contributed by atoms with Gasteiger partial charge in [-0.05, 0) is 67.1 Å². The molecule has 0 heterocycles. The first kappa shape index (κ1) is 22.8. The Labute approximate surface area is 184 Å². The number of carbonyl (C=O) groups is 2. The lowest BCUT2D eigenvalue weighted by Crippen LogP contribution is -2.18. The first-order valence-electron chi connectivity index (χ1n) is 9.29. The van der Waals surface area contributed by atoms with Crippen molar-refractivity contribution in [2.75, 3.05) is 17.1 Å². The van der Waals surface area contributed by atoms with Gasteiger partial charge in [0.05, 0.1) is 17.7 Å². The standard InChI is InChI=1S/C22H20FN3O5S/c1-13-3-9-17(32(29,30)26-16-7-5-15(23)6-8-16)12-18(13)22(28)25-19-11-14(21(24)27)4-10-20(19)31-2/h3-12,26H,1-2H3,(H2,24,27)(H,25,28). The molecule has 0 saturated carbocycles. The van der Waals surface area contributed by atoms with Crippen LogP contribution in [0.1, 0.15) is 26.3 Å². The Morgan fingerprint density at radius 3 is 2.31 bits per heavy atom. The normalized spacial score (nSPS) is 11.0. The number of ether oxygens (including phenoxy) is 1. The van der Waals surface area contributed by atoms with E-state index in [1.807, 2.05) is 0 Å². The number of rotatable bonds is 7. The van der Waals surface area contributed by atoms with Crippen molar-refractivity contribution in [3.05, 3.63) is 83.2 Å². The fourth-order valence-corrected chi connectivity index (χ4v) is 3.98. The second-order valence-corrected chi connectivity index (χ2v) is 8.50. The van der Waals surface area contributed by atoms with Crippen LogP contribution < -0.4 is 20.5 Å². The molecular formula is C22H20FN3O5S. The molecule has 32 heavy (non-hydrogen) atoms. The molecule has 166 valence electrons. The van der Waals surface area contributed by atoms with Crippen molar-refractivity contribution >= 4 is 33.2 Å². The number of nitrogens with two attached hydrogens (primary N) is 1. The fraction of sp³-hybridized carbons (Fsp3) is 0.0909. The molecule has 0 aromatic heterocycles. The van der Waals surface area contributed by atoms with E-state index >= 15 is 0 Å². The quantitative estimate of drug-likeness (QED) is 0.502. The number of sulfonamides is 1. The number of carbonyl (C=O) groups excluding carboxylic acids is 2. The van der Waals surface area contributed by atoms with Gasteiger partial charge in [-0.3, -0.25) is 14.3 Å². The number of amides is 2. The lowest BCUT2D eigenvalue weighted by atomic mass is 10.1. The Bertz CT molecular complexity index is 1290. The first-order chi connectivity index (χ1) is 15.1. The highest BCUT2D eigenvalue weighted by atomic mass is 32.2. The van der Waals surface area contributed by atoms with Gasteiger partial charge in [-0.1, -0.05) is 6.07 Å². The van der Waals surface area contributed by atoms with Crippen LogP contribution >= 0.6 is 0 Å². The minimum atomic E-state index is -4.04. The number of nitrogens with one attached hydrogen (secondary N) is 2. The molecule has 0 bridgehead atoms. The van der Waals surface area contributed by atoms with Gasteiger partial charge >= 0.3 is 0 Å². The highest BCUT2D eigenvalue weighted by Crippen LogP contribution is 2.27. The highest BCUT2D eigenvalue weighted by Gasteiger charge is 2.20. The van der Waals surface area contributed by atoms with E-state index in [4.69, 9.17) is 10.5 Å². The molecule has 0 atom stereocenters. The smallest absolute Gasteiger partial charge is 0.261 e. The molecule has 8 nitrogen and oxygen atoms in total. The number of aryl methyl sites for hydroxylation is 1. The van der Waals surface area contributed by atoms with E-state index in [0.717, 1.165) is 12.1 Å². The average molecular weight is 457 g/mol. The van der Waals surface area contributed by atoms with Gasteiger partial charge in [0, 0.05) is 16.8 Å². The van der Waals surface area contributed by atoms with Gasteiger partial charge < -0.3 is 15.8 Å². The first-order valence-corrected chi connectivity index (χ1v) is 10.8. The third kappa shape index (κ3) is 5.03. The molecule has 0 unspecified atom stereocenters. The third-order valence-electron chi connectivity index (χ3n) is 4.59. The summed E-state index contributed by atoms with van der Waals surface area (Å²) in [4.78, 5) is 24.2. The predicted molar refractivity (Wildman–Crippen MR) is 118 cm³/mol. The number of hydrogen-bond donors (Lipinski definition) is 3. The van der Waals surface area contributed by atoms with Crippen LogP contribution in [0.5, 0.6) is 5.75 Å². The summed E-state index contributed by atoms with van der Waals surface area (Å²) in [5.74, 6) is -1.50. The van der Waals surface area contributed by atoms with Crippen molar-refractivity contribution in [2.24, 2.45) is 5.73 Å². The van der Waals surface area contributed by atoms with E-state index in [1.165, 1.54) is 55.6 Å². The van der Waals surface area contributed by atoms with Gasteiger partial charge in [-0.2, -0.15) is 0 Å². The summed E-state index contributed by atoms with van der Waals surface area (Å²) >= 11 is 0. The summed E-state index contributed by atoms with van der Waals surface area (Å²) < 4.78 is 46.1. The zero-order chi connectivity index (χ0) is 23.5. The molecule has 0 aliphatic carbocycles. The van der Waals surface area contributed by atoms with Gasteiger partial charge in [0.25, 0.3) is 15.9 Å². The van der Waals surface area contributed by atoms with Crippen molar-refractivity contribution in [1.82, 2.24) is 0 Å². The molecular weight excluding hydrogens is 437 g/mol. The number of methoxy groups -OCH3 is 1. The van der Waals surface area contributed by atoms with Gasteiger partial charge in [0.1, 0.15) is 11.6 Å². The summed E-state index contributed by atoms with van der Waals surface area (Å²) in [6.45, 7) is 1.65. The van der Waals surface area contributed by atoms with E-state index in [1.54, 1.807) is 6.92 Å². The fourth-order valence-electron chi connectivity index (χ4n) is 2.89. The molecule has 0 fully saturated rings. The Kier molecular flexibility index (Phi) is 6.45.